The van der Waals surface area contributed by atoms with Gasteiger partial charge in [-0.05, 0) is 55.7 Å². The molecule has 1 aliphatic rings. The minimum atomic E-state index is -4.72. The molecule has 2 aromatic carbocycles. The van der Waals surface area contributed by atoms with Crippen molar-refractivity contribution in [3.63, 3.8) is 0 Å². The van der Waals surface area contributed by atoms with Gasteiger partial charge >= 0.3 is 6.18 Å². The van der Waals surface area contributed by atoms with Crippen LogP contribution in [0.15, 0.2) is 60.9 Å². The number of anilines is 1. The molecule has 10 heteroatoms. The maximum Gasteiger partial charge on any atom is 0.417 e. The van der Waals surface area contributed by atoms with Gasteiger partial charge in [0.15, 0.2) is 11.2 Å². The largest absolute Gasteiger partial charge is 0.457 e. The van der Waals surface area contributed by atoms with Crippen molar-refractivity contribution in [3.8, 4) is 22.8 Å². The molecule has 1 saturated carbocycles. The van der Waals surface area contributed by atoms with Crippen LogP contribution in [0.4, 0.5) is 19.0 Å². The number of rotatable bonds is 4. The Kier molecular flexibility index (Phi) is 5.40. The first-order chi connectivity index (χ1) is 16.2. The van der Waals surface area contributed by atoms with E-state index in [2.05, 4.69) is 15.1 Å². The molecule has 2 heterocycles. The molecule has 5 rings (SSSR count). The van der Waals surface area contributed by atoms with Gasteiger partial charge in [0.25, 0.3) is 0 Å². The predicted molar refractivity (Wildman–Crippen MR) is 120 cm³/mol. The SMILES string of the molecule is Nc1ncnc2c1c(-c1ccc(Oc3ccccc3)cc1)nn2[C@@H]1CCCC(O)(C(F)(F)F)C1. The Balaban J connectivity index is 1.52. The number of hydrogen-bond donors (Lipinski definition) is 2. The molecule has 1 aliphatic carbocycles. The molecular weight excluding hydrogens is 447 g/mol. The number of halogens is 3. The van der Waals surface area contributed by atoms with Gasteiger partial charge in [-0.15, -0.1) is 0 Å². The van der Waals surface area contributed by atoms with Crippen molar-refractivity contribution in [3.05, 3.63) is 60.9 Å². The third kappa shape index (κ3) is 3.94. The van der Waals surface area contributed by atoms with E-state index in [1.54, 1.807) is 24.3 Å². The Hall–Kier alpha value is -3.66. The summed E-state index contributed by atoms with van der Waals surface area (Å²) < 4.78 is 47.8. The topological polar surface area (TPSA) is 99.1 Å². The fourth-order valence-electron chi connectivity index (χ4n) is 4.45. The number of para-hydroxylation sites is 1. The Bertz CT molecular complexity index is 1310. The second kappa shape index (κ2) is 8.28. The van der Waals surface area contributed by atoms with Gasteiger partial charge in [-0.2, -0.15) is 18.3 Å². The van der Waals surface area contributed by atoms with Crippen LogP contribution in [-0.2, 0) is 0 Å². The summed E-state index contributed by atoms with van der Waals surface area (Å²) in [7, 11) is 0. The zero-order valence-corrected chi connectivity index (χ0v) is 18.0. The number of nitrogen functional groups attached to an aromatic ring is 1. The molecule has 1 unspecified atom stereocenters. The van der Waals surface area contributed by atoms with Crippen molar-refractivity contribution in [2.75, 3.05) is 5.73 Å². The van der Waals surface area contributed by atoms with E-state index in [1.807, 2.05) is 30.3 Å². The summed E-state index contributed by atoms with van der Waals surface area (Å²) >= 11 is 0. The van der Waals surface area contributed by atoms with E-state index in [1.165, 1.54) is 11.0 Å². The Morgan fingerprint density at radius 3 is 2.44 bits per heavy atom. The summed E-state index contributed by atoms with van der Waals surface area (Å²) in [6.45, 7) is 0. The van der Waals surface area contributed by atoms with E-state index in [-0.39, 0.29) is 18.7 Å². The number of alkyl halides is 3. The van der Waals surface area contributed by atoms with Crippen LogP contribution in [0.25, 0.3) is 22.3 Å². The number of nitrogens with two attached hydrogens (primary N) is 1. The normalized spacial score (nSPS) is 21.0. The highest BCUT2D eigenvalue weighted by atomic mass is 19.4. The van der Waals surface area contributed by atoms with Crippen LogP contribution in [0.2, 0.25) is 0 Å². The monoisotopic (exact) mass is 469 g/mol. The number of aliphatic hydroxyl groups is 1. The Labute approximate surface area is 193 Å². The molecule has 0 radical (unpaired) electrons. The minimum absolute atomic E-state index is 0.178. The molecular formula is C24H22F3N5O2. The number of benzene rings is 2. The van der Waals surface area contributed by atoms with Crippen molar-refractivity contribution in [2.45, 2.75) is 43.5 Å². The van der Waals surface area contributed by atoms with Gasteiger partial charge in [-0.3, -0.25) is 0 Å². The quantitative estimate of drug-likeness (QED) is 0.422. The molecule has 0 aliphatic heterocycles. The van der Waals surface area contributed by atoms with Crippen LogP contribution >= 0.6 is 0 Å². The van der Waals surface area contributed by atoms with Gasteiger partial charge in [0.1, 0.15) is 29.3 Å². The molecule has 0 bridgehead atoms. The van der Waals surface area contributed by atoms with Gasteiger partial charge in [-0.1, -0.05) is 18.2 Å². The van der Waals surface area contributed by atoms with Crippen LogP contribution in [0.5, 0.6) is 11.5 Å². The van der Waals surface area contributed by atoms with E-state index in [0.29, 0.717) is 40.2 Å². The second-order valence-corrected chi connectivity index (χ2v) is 8.47. The first-order valence-corrected chi connectivity index (χ1v) is 10.9. The molecule has 1 fully saturated rings. The van der Waals surface area contributed by atoms with Gasteiger partial charge in [0.05, 0.1) is 11.4 Å². The smallest absolute Gasteiger partial charge is 0.417 e. The van der Waals surface area contributed by atoms with Crippen LogP contribution in [0.3, 0.4) is 0 Å². The van der Waals surface area contributed by atoms with E-state index < -0.39 is 24.2 Å². The summed E-state index contributed by atoms with van der Waals surface area (Å²) in [5, 5.41) is 15.4. The Morgan fingerprint density at radius 1 is 1.03 bits per heavy atom. The molecule has 4 aromatic rings. The molecule has 2 aromatic heterocycles. The molecule has 0 saturated heterocycles. The predicted octanol–water partition coefficient (Wildman–Crippen LogP) is 5.28. The van der Waals surface area contributed by atoms with Gasteiger partial charge < -0.3 is 15.6 Å². The van der Waals surface area contributed by atoms with Crippen LogP contribution < -0.4 is 10.5 Å². The standard InChI is InChI=1S/C24H22F3N5O2/c25-24(26,27)23(33)12-4-5-16(13-23)32-22-19(21(28)29-14-30-22)20(31-32)15-8-10-18(11-9-15)34-17-6-2-1-3-7-17/h1-3,6-11,14,16,33H,4-5,12-13H2,(H2,28,29,30)/t16-,23?/m1/s1. The highest BCUT2D eigenvalue weighted by Crippen LogP contribution is 2.46. The number of hydrogen-bond acceptors (Lipinski definition) is 6. The number of fused-ring (bicyclic) bond motifs is 1. The van der Waals surface area contributed by atoms with E-state index in [9.17, 15) is 18.3 Å². The first kappa shape index (κ1) is 22.1. The van der Waals surface area contributed by atoms with Crippen molar-refractivity contribution >= 4 is 16.9 Å². The lowest BCUT2D eigenvalue weighted by atomic mass is 9.81. The zero-order valence-electron chi connectivity index (χ0n) is 18.0. The lowest BCUT2D eigenvalue weighted by Crippen LogP contribution is -2.49. The highest BCUT2D eigenvalue weighted by molar-refractivity contribution is 5.98. The Morgan fingerprint density at radius 2 is 1.74 bits per heavy atom. The number of nitrogens with zero attached hydrogens (tertiary/aromatic N) is 4. The first-order valence-electron chi connectivity index (χ1n) is 10.9. The lowest BCUT2D eigenvalue weighted by Gasteiger charge is -2.38. The third-order valence-corrected chi connectivity index (χ3v) is 6.20. The van der Waals surface area contributed by atoms with E-state index in [4.69, 9.17) is 10.5 Å². The summed E-state index contributed by atoms with van der Waals surface area (Å²) in [6, 6.07) is 15.8. The molecule has 7 nitrogen and oxygen atoms in total. The summed E-state index contributed by atoms with van der Waals surface area (Å²) in [5.74, 6) is 1.49. The average Bonchev–Trinajstić information content (AvgIpc) is 3.21. The molecule has 176 valence electrons. The zero-order chi connectivity index (χ0) is 23.9. The fourth-order valence-corrected chi connectivity index (χ4v) is 4.45. The van der Waals surface area contributed by atoms with Crippen LogP contribution in [0.1, 0.15) is 31.7 Å². The molecule has 0 amide bonds. The maximum atomic E-state index is 13.5. The molecule has 34 heavy (non-hydrogen) atoms. The van der Waals surface area contributed by atoms with Gasteiger partial charge in [0.2, 0.25) is 0 Å². The summed E-state index contributed by atoms with van der Waals surface area (Å²) in [5.41, 5.74) is 4.86. The molecule has 0 spiro atoms. The van der Waals surface area contributed by atoms with Crippen molar-refractivity contribution < 1.29 is 23.0 Å². The fraction of sp³-hybridized carbons (Fsp3) is 0.292. The number of ether oxygens (including phenoxy) is 1. The van der Waals surface area contributed by atoms with Crippen molar-refractivity contribution in [2.24, 2.45) is 0 Å². The van der Waals surface area contributed by atoms with Gasteiger partial charge in [-0.25, -0.2) is 14.6 Å². The minimum Gasteiger partial charge on any atom is -0.457 e. The average molecular weight is 469 g/mol. The maximum absolute atomic E-state index is 13.5. The summed E-state index contributed by atoms with van der Waals surface area (Å²) in [6.07, 6.45) is -3.65. The number of aromatic nitrogens is 4. The third-order valence-electron chi connectivity index (χ3n) is 6.20. The highest BCUT2D eigenvalue weighted by Gasteiger charge is 2.56. The second-order valence-electron chi connectivity index (χ2n) is 8.47. The van der Waals surface area contributed by atoms with Crippen LogP contribution in [0, 0.1) is 0 Å². The van der Waals surface area contributed by atoms with Gasteiger partial charge in [0, 0.05) is 12.0 Å². The van der Waals surface area contributed by atoms with E-state index in [0.717, 1.165) is 0 Å². The van der Waals surface area contributed by atoms with E-state index >= 15 is 0 Å². The molecule has 3 N–H and O–H groups in total. The van der Waals surface area contributed by atoms with Crippen LogP contribution in [-0.4, -0.2) is 36.6 Å². The summed E-state index contributed by atoms with van der Waals surface area (Å²) in [4.78, 5) is 8.32. The van der Waals surface area contributed by atoms with Crippen molar-refractivity contribution in [1.29, 1.82) is 0 Å². The lowest BCUT2D eigenvalue weighted by molar-refractivity contribution is -0.273. The molecule has 2 atom stereocenters. The van der Waals surface area contributed by atoms with Crippen molar-refractivity contribution in [1.82, 2.24) is 19.7 Å².